The lowest BCUT2D eigenvalue weighted by atomic mass is 9.99. The molecule has 0 aromatic carbocycles. The maximum Gasteiger partial charge on any atom is 0.244 e. The molecule has 1 aromatic rings. The maximum atomic E-state index is 12.9. The van der Waals surface area contributed by atoms with Gasteiger partial charge < -0.3 is 10.2 Å². The minimum atomic E-state index is -0.0213. The number of carbonyl (C=O) groups is 2. The summed E-state index contributed by atoms with van der Waals surface area (Å²) in [6.07, 6.45) is 3.69. The van der Waals surface area contributed by atoms with E-state index in [1.165, 1.54) is 12.8 Å². The van der Waals surface area contributed by atoms with E-state index in [4.69, 9.17) is 0 Å². The number of rotatable bonds is 7. The molecular weight excluding hydrogens is 346 g/mol. The number of amides is 2. The standard InChI is InChI=1S/C18H31N7O2/c1-13(2)24(10-15-4-5-17(26)19-15)18(27)12-25-16(20-21-22-25)11-23-8-6-14(3)7-9-23/h13-15H,4-12H2,1-3H3,(H,19,26)/t15-/m1/s1. The van der Waals surface area contributed by atoms with Crippen molar-refractivity contribution in [2.75, 3.05) is 19.6 Å². The van der Waals surface area contributed by atoms with Crippen molar-refractivity contribution in [3.8, 4) is 0 Å². The molecule has 2 aliphatic heterocycles. The van der Waals surface area contributed by atoms with E-state index < -0.39 is 0 Å². The summed E-state index contributed by atoms with van der Waals surface area (Å²) in [5, 5.41) is 14.9. The molecule has 0 radical (unpaired) electrons. The molecule has 150 valence electrons. The Morgan fingerprint density at radius 2 is 2.04 bits per heavy atom. The number of tetrazole rings is 1. The van der Waals surface area contributed by atoms with Gasteiger partial charge in [0.25, 0.3) is 0 Å². The molecule has 2 fully saturated rings. The SMILES string of the molecule is CC1CCN(Cc2nnnn2CC(=O)N(C[C@H]2CCC(=O)N2)C(C)C)CC1. The molecule has 2 aliphatic rings. The van der Waals surface area contributed by atoms with Crippen LogP contribution in [0.25, 0.3) is 0 Å². The molecule has 9 heteroatoms. The third kappa shape index (κ3) is 5.24. The highest BCUT2D eigenvalue weighted by molar-refractivity contribution is 5.79. The summed E-state index contributed by atoms with van der Waals surface area (Å²) in [6, 6.07) is 0.0889. The number of hydrogen-bond donors (Lipinski definition) is 1. The lowest BCUT2D eigenvalue weighted by Gasteiger charge is -2.30. The van der Waals surface area contributed by atoms with Crippen LogP contribution in [0, 0.1) is 5.92 Å². The molecule has 0 aliphatic carbocycles. The predicted molar refractivity (Wildman–Crippen MR) is 99.5 cm³/mol. The van der Waals surface area contributed by atoms with Crippen molar-refractivity contribution in [3.05, 3.63) is 5.82 Å². The fourth-order valence-electron chi connectivity index (χ4n) is 3.75. The number of carbonyl (C=O) groups excluding carboxylic acids is 2. The molecule has 0 bridgehead atoms. The van der Waals surface area contributed by atoms with E-state index in [0.717, 1.165) is 31.3 Å². The van der Waals surface area contributed by atoms with Crippen molar-refractivity contribution in [1.82, 2.24) is 35.3 Å². The van der Waals surface area contributed by atoms with Crippen LogP contribution in [-0.4, -0.2) is 73.5 Å². The Labute approximate surface area is 160 Å². The van der Waals surface area contributed by atoms with Gasteiger partial charge in [-0.15, -0.1) is 5.10 Å². The normalized spacial score (nSPS) is 21.6. The summed E-state index contributed by atoms with van der Waals surface area (Å²) in [5.74, 6) is 1.55. The highest BCUT2D eigenvalue weighted by Gasteiger charge is 2.27. The quantitative estimate of drug-likeness (QED) is 0.740. The Morgan fingerprint density at radius 1 is 1.30 bits per heavy atom. The van der Waals surface area contributed by atoms with Gasteiger partial charge in [-0.25, -0.2) is 4.68 Å². The molecule has 1 N–H and O–H groups in total. The zero-order chi connectivity index (χ0) is 19.4. The fraction of sp³-hybridized carbons (Fsp3) is 0.833. The Bertz CT molecular complexity index is 652. The summed E-state index contributed by atoms with van der Waals surface area (Å²) in [5.41, 5.74) is 0. The second-order valence-corrected chi connectivity index (χ2v) is 8.15. The molecule has 2 saturated heterocycles. The zero-order valence-corrected chi connectivity index (χ0v) is 16.6. The van der Waals surface area contributed by atoms with Crippen LogP contribution in [0.5, 0.6) is 0 Å². The number of piperidine rings is 1. The lowest BCUT2D eigenvalue weighted by molar-refractivity contribution is -0.134. The molecular formula is C18H31N7O2. The van der Waals surface area contributed by atoms with Crippen LogP contribution in [0.15, 0.2) is 0 Å². The molecule has 0 saturated carbocycles. The molecule has 27 heavy (non-hydrogen) atoms. The van der Waals surface area contributed by atoms with Crippen LogP contribution in [0.4, 0.5) is 0 Å². The number of aromatic nitrogens is 4. The van der Waals surface area contributed by atoms with Crippen molar-refractivity contribution < 1.29 is 9.59 Å². The van der Waals surface area contributed by atoms with Crippen LogP contribution in [0.3, 0.4) is 0 Å². The lowest BCUT2D eigenvalue weighted by Crippen LogP contribution is -2.46. The summed E-state index contributed by atoms with van der Waals surface area (Å²) >= 11 is 0. The molecule has 0 spiro atoms. The van der Waals surface area contributed by atoms with Crippen LogP contribution in [0.2, 0.25) is 0 Å². The maximum absolute atomic E-state index is 12.9. The van der Waals surface area contributed by atoms with E-state index in [-0.39, 0.29) is 30.4 Å². The number of hydrogen-bond acceptors (Lipinski definition) is 6. The number of nitrogens with one attached hydrogen (secondary N) is 1. The van der Waals surface area contributed by atoms with E-state index in [0.29, 0.717) is 19.5 Å². The predicted octanol–water partition coefficient (Wildman–Crippen LogP) is 0.421. The van der Waals surface area contributed by atoms with Gasteiger partial charge in [0, 0.05) is 25.0 Å². The minimum absolute atomic E-state index is 0.0213. The smallest absolute Gasteiger partial charge is 0.244 e. The third-order valence-electron chi connectivity index (χ3n) is 5.58. The van der Waals surface area contributed by atoms with Crippen LogP contribution < -0.4 is 5.32 Å². The van der Waals surface area contributed by atoms with E-state index >= 15 is 0 Å². The van der Waals surface area contributed by atoms with Gasteiger partial charge in [0.15, 0.2) is 5.82 Å². The average Bonchev–Trinajstić information content (AvgIpc) is 3.23. The third-order valence-corrected chi connectivity index (χ3v) is 5.58. The molecule has 1 atom stereocenters. The first-order valence-corrected chi connectivity index (χ1v) is 9.98. The second kappa shape index (κ2) is 8.77. The Hall–Kier alpha value is -2.03. The van der Waals surface area contributed by atoms with E-state index in [9.17, 15) is 9.59 Å². The number of likely N-dealkylation sites (tertiary alicyclic amines) is 1. The van der Waals surface area contributed by atoms with Gasteiger partial charge in [-0.3, -0.25) is 14.5 Å². The fourth-order valence-corrected chi connectivity index (χ4v) is 3.75. The van der Waals surface area contributed by atoms with Gasteiger partial charge in [0.2, 0.25) is 11.8 Å². The molecule has 3 heterocycles. The Kier molecular flexibility index (Phi) is 6.41. The minimum Gasteiger partial charge on any atom is -0.352 e. The zero-order valence-electron chi connectivity index (χ0n) is 16.6. The van der Waals surface area contributed by atoms with Crippen molar-refractivity contribution in [2.45, 2.75) is 71.6 Å². The van der Waals surface area contributed by atoms with Crippen molar-refractivity contribution >= 4 is 11.8 Å². The highest BCUT2D eigenvalue weighted by atomic mass is 16.2. The van der Waals surface area contributed by atoms with Crippen LogP contribution >= 0.6 is 0 Å². The van der Waals surface area contributed by atoms with Crippen molar-refractivity contribution in [3.63, 3.8) is 0 Å². The Morgan fingerprint density at radius 3 is 2.67 bits per heavy atom. The summed E-state index contributed by atoms with van der Waals surface area (Å²) < 4.78 is 1.61. The number of nitrogens with zero attached hydrogens (tertiary/aromatic N) is 6. The largest absolute Gasteiger partial charge is 0.352 e. The van der Waals surface area contributed by atoms with E-state index in [1.54, 1.807) is 4.68 Å². The average molecular weight is 377 g/mol. The summed E-state index contributed by atoms with van der Waals surface area (Å²) in [7, 11) is 0. The van der Waals surface area contributed by atoms with Crippen LogP contribution in [0.1, 0.15) is 52.3 Å². The van der Waals surface area contributed by atoms with Crippen molar-refractivity contribution in [2.24, 2.45) is 5.92 Å². The Balaban J connectivity index is 1.59. The highest BCUT2D eigenvalue weighted by Crippen LogP contribution is 2.17. The first-order chi connectivity index (χ1) is 12.9. The van der Waals surface area contributed by atoms with Crippen molar-refractivity contribution in [1.29, 1.82) is 0 Å². The molecule has 3 rings (SSSR count). The molecule has 0 unspecified atom stereocenters. The topological polar surface area (TPSA) is 96.2 Å². The van der Waals surface area contributed by atoms with E-state index in [2.05, 4.69) is 32.7 Å². The van der Waals surface area contributed by atoms with Gasteiger partial charge in [0.05, 0.1) is 6.54 Å². The first kappa shape index (κ1) is 19.7. The van der Waals surface area contributed by atoms with Gasteiger partial charge in [0.1, 0.15) is 6.54 Å². The van der Waals surface area contributed by atoms with Gasteiger partial charge >= 0.3 is 0 Å². The summed E-state index contributed by atoms with van der Waals surface area (Å²) in [4.78, 5) is 28.5. The molecule has 2 amide bonds. The van der Waals surface area contributed by atoms with Gasteiger partial charge in [-0.2, -0.15) is 0 Å². The first-order valence-electron chi connectivity index (χ1n) is 9.98. The van der Waals surface area contributed by atoms with Gasteiger partial charge in [-0.1, -0.05) is 6.92 Å². The summed E-state index contributed by atoms with van der Waals surface area (Å²) in [6.45, 7) is 9.69. The van der Waals surface area contributed by atoms with Gasteiger partial charge in [-0.05, 0) is 62.5 Å². The van der Waals surface area contributed by atoms with E-state index in [1.807, 2.05) is 18.7 Å². The monoisotopic (exact) mass is 377 g/mol. The molecule has 9 nitrogen and oxygen atoms in total. The van der Waals surface area contributed by atoms with Crippen LogP contribution in [-0.2, 0) is 22.7 Å². The second-order valence-electron chi connectivity index (χ2n) is 8.15. The molecule has 1 aromatic heterocycles.